The van der Waals surface area contributed by atoms with Gasteiger partial charge in [0.25, 0.3) is 5.91 Å². The van der Waals surface area contributed by atoms with Gasteiger partial charge in [0.1, 0.15) is 11.6 Å². The van der Waals surface area contributed by atoms with Crippen molar-refractivity contribution in [3.63, 3.8) is 0 Å². The van der Waals surface area contributed by atoms with E-state index in [-0.39, 0.29) is 25.1 Å². The normalized spacial score (nSPS) is 13.3. The zero-order chi connectivity index (χ0) is 23.9. The first-order valence-electron chi connectivity index (χ1n) is 9.74. The Balaban J connectivity index is 1.93. The van der Waals surface area contributed by atoms with Gasteiger partial charge >= 0.3 is 12.1 Å². The second-order valence-corrected chi connectivity index (χ2v) is 6.95. The zero-order valence-corrected chi connectivity index (χ0v) is 17.4. The maximum absolute atomic E-state index is 13.4. The fourth-order valence-electron chi connectivity index (χ4n) is 2.84. The van der Waals surface area contributed by atoms with E-state index in [0.29, 0.717) is 17.4 Å². The van der Waals surface area contributed by atoms with Crippen LogP contribution in [0.15, 0.2) is 42.5 Å². The van der Waals surface area contributed by atoms with Gasteiger partial charge in [0.2, 0.25) is 0 Å². The largest absolute Gasteiger partial charge is 0.481 e. The van der Waals surface area contributed by atoms with Crippen molar-refractivity contribution in [2.45, 2.75) is 45.2 Å². The summed E-state index contributed by atoms with van der Waals surface area (Å²) in [5.74, 6) is -2.39. The number of hydrogen-bond acceptors (Lipinski definition) is 4. The molecule has 0 radical (unpaired) electrons. The van der Waals surface area contributed by atoms with Gasteiger partial charge in [-0.25, -0.2) is 9.18 Å². The number of nitrogens with one attached hydrogen (secondary N) is 1. The molecule has 0 saturated heterocycles. The van der Waals surface area contributed by atoms with Crippen LogP contribution in [0.25, 0.3) is 0 Å². The predicted molar refractivity (Wildman–Crippen MR) is 107 cm³/mol. The van der Waals surface area contributed by atoms with Gasteiger partial charge < -0.3 is 19.9 Å². The average Bonchev–Trinajstić information content (AvgIpc) is 2.71. The quantitative estimate of drug-likeness (QED) is 0.528. The number of benzene rings is 2. The molecule has 2 aromatic rings. The van der Waals surface area contributed by atoms with Crippen molar-refractivity contribution in [2.24, 2.45) is 0 Å². The van der Waals surface area contributed by atoms with Crippen LogP contribution in [0.5, 0.6) is 5.75 Å². The van der Waals surface area contributed by atoms with Crippen LogP contribution in [-0.4, -0.2) is 35.8 Å². The molecule has 32 heavy (non-hydrogen) atoms. The first-order chi connectivity index (χ1) is 15.0. The van der Waals surface area contributed by atoms with E-state index in [4.69, 9.17) is 14.6 Å². The van der Waals surface area contributed by atoms with Crippen LogP contribution in [0.3, 0.4) is 0 Å². The van der Waals surface area contributed by atoms with Crippen LogP contribution in [-0.2, 0) is 33.5 Å². The Morgan fingerprint density at radius 3 is 2.31 bits per heavy atom. The molecule has 10 heteroatoms. The predicted octanol–water partition coefficient (Wildman–Crippen LogP) is 3.96. The molecule has 0 aromatic heterocycles. The molecule has 2 N–H and O–H groups in total. The van der Waals surface area contributed by atoms with Crippen molar-refractivity contribution in [3.8, 4) is 5.75 Å². The summed E-state index contributed by atoms with van der Waals surface area (Å²) in [6, 6.07) is 8.46. The first-order valence-corrected chi connectivity index (χ1v) is 9.74. The van der Waals surface area contributed by atoms with E-state index < -0.39 is 41.6 Å². The zero-order valence-electron chi connectivity index (χ0n) is 17.4. The molecule has 0 fully saturated rings. The van der Waals surface area contributed by atoms with Crippen molar-refractivity contribution in [3.05, 3.63) is 65.0 Å². The summed E-state index contributed by atoms with van der Waals surface area (Å²) in [7, 11) is 0. The third-order valence-electron chi connectivity index (χ3n) is 4.42. The highest BCUT2D eigenvalue weighted by atomic mass is 19.4. The number of ether oxygens (including phenoxy) is 2. The summed E-state index contributed by atoms with van der Waals surface area (Å²) in [5, 5.41) is 11.5. The van der Waals surface area contributed by atoms with Gasteiger partial charge in [0.15, 0.2) is 12.2 Å². The first kappa shape index (κ1) is 25.1. The standard InChI is InChI=1S/C22H23F4NO5/c1-3-31-19(21(29)30)10-14-4-6-18(7-5-14)32-13(2)20(28)27-12-15-8-16(22(24,25)26)11-17(23)9-15/h4-9,11,13,19H,3,10,12H2,1-2H3,(H,27,28)(H,29,30)/t13-,19-/m0/s1. The summed E-state index contributed by atoms with van der Waals surface area (Å²) < 4.78 is 62.5. The van der Waals surface area contributed by atoms with E-state index in [0.717, 1.165) is 12.1 Å². The van der Waals surface area contributed by atoms with E-state index in [1.165, 1.54) is 6.92 Å². The van der Waals surface area contributed by atoms with Gasteiger partial charge in [0.05, 0.1) is 5.56 Å². The number of carboxylic acid groups (broad SMARTS) is 1. The molecule has 2 rings (SSSR count). The van der Waals surface area contributed by atoms with Crippen LogP contribution in [0.2, 0.25) is 0 Å². The number of amides is 1. The fraction of sp³-hybridized carbons (Fsp3) is 0.364. The van der Waals surface area contributed by atoms with Crippen molar-refractivity contribution in [1.29, 1.82) is 0 Å². The van der Waals surface area contributed by atoms with Crippen molar-refractivity contribution >= 4 is 11.9 Å². The lowest BCUT2D eigenvalue weighted by molar-refractivity contribution is -0.150. The maximum Gasteiger partial charge on any atom is 0.416 e. The van der Waals surface area contributed by atoms with Crippen molar-refractivity contribution < 1.29 is 41.7 Å². The molecule has 0 spiro atoms. The Hall–Kier alpha value is -3.14. The van der Waals surface area contributed by atoms with Gasteiger partial charge in [-0.1, -0.05) is 12.1 Å². The summed E-state index contributed by atoms with van der Waals surface area (Å²) in [6.45, 7) is 3.10. The minimum atomic E-state index is -4.70. The SMILES string of the molecule is CCO[C@@H](Cc1ccc(O[C@@H](C)C(=O)NCc2cc(F)cc(C(F)(F)F)c2)cc1)C(=O)O. The number of rotatable bonds is 10. The third-order valence-corrected chi connectivity index (χ3v) is 4.42. The van der Waals surface area contributed by atoms with Gasteiger partial charge in [-0.3, -0.25) is 4.79 Å². The Morgan fingerprint density at radius 1 is 1.09 bits per heavy atom. The van der Waals surface area contributed by atoms with E-state index >= 15 is 0 Å². The van der Waals surface area contributed by atoms with Gasteiger partial charge in [-0.2, -0.15) is 13.2 Å². The molecule has 0 bridgehead atoms. The average molecular weight is 457 g/mol. The molecule has 0 heterocycles. The molecule has 0 saturated carbocycles. The number of carbonyl (C=O) groups is 2. The Kier molecular flexibility index (Phi) is 8.59. The molecular formula is C22H23F4NO5. The maximum atomic E-state index is 13.4. The molecule has 0 unspecified atom stereocenters. The molecule has 1 amide bonds. The van der Waals surface area contributed by atoms with Crippen LogP contribution < -0.4 is 10.1 Å². The van der Waals surface area contributed by atoms with Crippen LogP contribution >= 0.6 is 0 Å². The minimum Gasteiger partial charge on any atom is -0.481 e. The fourth-order valence-corrected chi connectivity index (χ4v) is 2.84. The highest BCUT2D eigenvalue weighted by molar-refractivity contribution is 5.80. The number of halogens is 4. The number of carbonyl (C=O) groups excluding carboxylic acids is 1. The van der Waals surface area contributed by atoms with Gasteiger partial charge in [-0.15, -0.1) is 0 Å². The number of carboxylic acids is 1. The molecule has 2 atom stereocenters. The molecule has 0 aliphatic carbocycles. The van der Waals surface area contributed by atoms with E-state index in [9.17, 15) is 27.2 Å². The highest BCUT2D eigenvalue weighted by Gasteiger charge is 2.31. The van der Waals surface area contributed by atoms with Crippen LogP contribution in [0, 0.1) is 5.82 Å². The number of alkyl halides is 3. The smallest absolute Gasteiger partial charge is 0.416 e. The van der Waals surface area contributed by atoms with E-state index in [1.54, 1.807) is 31.2 Å². The lowest BCUT2D eigenvalue weighted by Crippen LogP contribution is -2.36. The molecule has 0 aliphatic rings. The highest BCUT2D eigenvalue weighted by Crippen LogP contribution is 2.30. The van der Waals surface area contributed by atoms with Gasteiger partial charge in [0, 0.05) is 19.6 Å². The third kappa shape index (κ3) is 7.52. The van der Waals surface area contributed by atoms with Crippen molar-refractivity contribution in [2.75, 3.05) is 6.61 Å². The number of aliphatic carboxylic acids is 1. The van der Waals surface area contributed by atoms with Gasteiger partial charge in [-0.05, 0) is 55.3 Å². The summed E-state index contributed by atoms with van der Waals surface area (Å²) in [6.07, 6.45) is -6.49. The molecule has 2 aromatic carbocycles. The molecule has 174 valence electrons. The summed E-state index contributed by atoms with van der Waals surface area (Å²) in [4.78, 5) is 23.4. The lowest BCUT2D eigenvalue weighted by atomic mass is 10.1. The molecule has 0 aliphatic heterocycles. The Morgan fingerprint density at radius 2 is 1.75 bits per heavy atom. The van der Waals surface area contributed by atoms with Crippen LogP contribution in [0.1, 0.15) is 30.5 Å². The summed E-state index contributed by atoms with van der Waals surface area (Å²) >= 11 is 0. The topological polar surface area (TPSA) is 84.9 Å². The van der Waals surface area contributed by atoms with Crippen LogP contribution in [0.4, 0.5) is 17.6 Å². The second kappa shape index (κ2) is 10.9. The minimum absolute atomic E-state index is 0.0375. The number of hydrogen-bond donors (Lipinski definition) is 2. The van der Waals surface area contributed by atoms with E-state index in [2.05, 4.69) is 5.32 Å². The second-order valence-electron chi connectivity index (χ2n) is 6.95. The molecule has 6 nitrogen and oxygen atoms in total. The molecular weight excluding hydrogens is 434 g/mol. The van der Waals surface area contributed by atoms with E-state index in [1.807, 2.05) is 0 Å². The lowest BCUT2D eigenvalue weighted by Gasteiger charge is -2.16. The van der Waals surface area contributed by atoms with Crippen molar-refractivity contribution in [1.82, 2.24) is 5.32 Å². The monoisotopic (exact) mass is 457 g/mol. The Bertz CT molecular complexity index is 931. The summed E-state index contributed by atoms with van der Waals surface area (Å²) in [5.41, 5.74) is -0.480. The Labute approximate surface area is 182 Å².